The fourth-order valence-corrected chi connectivity index (χ4v) is 5.52. The number of hydrogen-bond acceptors (Lipinski definition) is 6. The highest BCUT2D eigenvalue weighted by Gasteiger charge is 2.39. The predicted molar refractivity (Wildman–Crippen MR) is 121 cm³/mol. The summed E-state index contributed by atoms with van der Waals surface area (Å²) < 4.78 is 53.3. The molecule has 1 saturated carbocycles. The van der Waals surface area contributed by atoms with E-state index in [1.54, 1.807) is 4.90 Å². The molecule has 2 amide bonds. The average molecular weight is 500 g/mol. The first kappa shape index (κ1) is 24.6. The van der Waals surface area contributed by atoms with Crippen LogP contribution in [0.2, 0.25) is 0 Å². The van der Waals surface area contributed by atoms with Gasteiger partial charge in [0.05, 0.1) is 21.3 Å². The normalized spacial score (nSPS) is 21.9. The summed E-state index contributed by atoms with van der Waals surface area (Å²) in [6.45, 7) is 5.47. The number of fused-ring (bicyclic) bond motifs is 1. The minimum atomic E-state index is -4.63. The lowest BCUT2D eigenvalue weighted by atomic mass is 10.0. The highest BCUT2D eigenvalue weighted by atomic mass is 32.1. The van der Waals surface area contributed by atoms with Crippen molar-refractivity contribution in [3.63, 3.8) is 0 Å². The quantitative estimate of drug-likeness (QED) is 0.616. The zero-order valence-corrected chi connectivity index (χ0v) is 20.3. The molecule has 186 valence electrons. The van der Waals surface area contributed by atoms with Gasteiger partial charge < -0.3 is 19.7 Å². The van der Waals surface area contributed by atoms with E-state index in [1.807, 2.05) is 13.8 Å². The van der Waals surface area contributed by atoms with E-state index in [1.165, 1.54) is 19.4 Å². The summed E-state index contributed by atoms with van der Waals surface area (Å²) in [4.78, 5) is 30.7. The third kappa shape index (κ3) is 4.80. The molecule has 2 aromatic heterocycles. The third-order valence-electron chi connectivity index (χ3n) is 6.57. The van der Waals surface area contributed by atoms with Crippen LogP contribution in [-0.2, 0) is 10.9 Å². The topological polar surface area (TPSA) is 80.8 Å². The first-order chi connectivity index (χ1) is 16.0. The summed E-state index contributed by atoms with van der Waals surface area (Å²) in [5.74, 6) is -0.217. The monoisotopic (exact) mass is 499 g/mol. The van der Waals surface area contributed by atoms with Crippen LogP contribution < -0.4 is 10.1 Å². The molecule has 3 atom stereocenters. The Morgan fingerprint density at radius 2 is 2.00 bits per heavy atom. The van der Waals surface area contributed by atoms with Crippen molar-refractivity contribution in [1.82, 2.24) is 15.2 Å². The summed E-state index contributed by atoms with van der Waals surface area (Å²) in [7, 11) is 1.41. The van der Waals surface area contributed by atoms with Gasteiger partial charge in [0.1, 0.15) is 12.2 Å². The van der Waals surface area contributed by atoms with Crippen molar-refractivity contribution in [2.75, 3.05) is 13.6 Å². The first-order valence-electron chi connectivity index (χ1n) is 11.4. The average Bonchev–Trinajstić information content (AvgIpc) is 3.53. The molecule has 2 fully saturated rings. The van der Waals surface area contributed by atoms with E-state index in [-0.39, 0.29) is 45.5 Å². The SMILES string of the molecule is CNC(=O)c1csc2c(C(F)(F)F)c(C)c(O[C@@H]3CCN(C(=O)O[C@@H](C)C4CC4)[C@H](C)C3)nc12. The minimum Gasteiger partial charge on any atom is -0.474 e. The molecule has 0 aromatic carbocycles. The standard InChI is InChI=1S/C23H28F3N3O4S/c1-11-9-15(7-8-29(11)22(31)32-13(3)14-5-6-14)33-21-12(2)17(23(24,25)26)19-18(28-21)16(10-34-19)20(30)27-4/h10-11,13-15H,5-9H2,1-4H3,(H,27,30)/t11-,13+,15-/m1/s1. The number of thiophene rings is 1. The molecule has 1 aliphatic carbocycles. The van der Waals surface area contributed by atoms with Crippen LogP contribution in [0.1, 0.15) is 61.0 Å². The van der Waals surface area contributed by atoms with Gasteiger partial charge >= 0.3 is 12.3 Å². The molecule has 0 bridgehead atoms. The molecule has 2 aromatic rings. The number of piperidine rings is 1. The second-order valence-electron chi connectivity index (χ2n) is 9.05. The molecule has 11 heteroatoms. The number of nitrogens with zero attached hydrogens (tertiary/aromatic N) is 2. The van der Waals surface area contributed by atoms with Gasteiger partial charge in [0.25, 0.3) is 5.91 Å². The van der Waals surface area contributed by atoms with Crippen LogP contribution in [0.15, 0.2) is 5.38 Å². The van der Waals surface area contributed by atoms with Crippen LogP contribution in [0.25, 0.3) is 10.2 Å². The summed E-state index contributed by atoms with van der Waals surface area (Å²) >= 11 is 0.838. The van der Waals surface area contributed by atoms with E-state index in [9.17, 15) is 22.8 Å². The number of alkyl halides is 3. The number of pyridine rings is 1. The molecule has 1 aliphatic heterocycles. The van der Waals surface area contributed by atoms with E-state index in [2.05, 4.69) is 10.3 Å². The highest BCUT2D eigenvalue weighted by molar-refractivity contribution is 7.17. The van der Waals surface area contributed by atoms with Gasteiger partial charge in [-0.2, -0.15) is 13.2 Å². The largest absolute Gasteiger partial charge is 0.474 e. The van der Waals surface area contributed by atoms with Gasteiger partial charge in [-0.3, -0.25) is 4.79 Å². The van der Waals surface area contributed by atoms with Gasteiger partial charge in [0.15, 0.2) is 0 Å². The lowest BCUT2D eigenvalue weighted by Gasteiger charge is -2.37. The number of aromatic nitrogens is 1. The molecule has 0 spiro atoms. The van der Waals surface area contributed by atoms with Gasteiger partial charge in [0.2, 0.25) is 5.88 Å². The maximum Gasteiger partial charge on any atom is 0.418 e. The fraction of sp³-hybridized carbons (Fsp3) is 0.609. The lowest BCUT2D eigenvalue weighted by molar-refractivity contribution is -0.136. The summed E-state index contributed by atoms with van der Waals surface area (Å²) in [6, 6.07) is -0.202. The van der Waals surface area contributed by atoms with Crippen molar-refractivity contribution in [1.29, 1.82) is 0 Å². The Kier molecular flexibility index (Phi) is 6.67. The number of halogens is 3. The molecule has 7 nitrogen and oxygen atoms in total. The Labute approximate surface area is 199 Å². The summed E-state index contributed by atoms with van der Waals surface area (Å²) in [5, 5.41) is 3.81. The number of carbonyl (C=O) groups excluding carboxylic acids is 2. The van der Waals surface area contributed by atoms with Crippen molar-refractivity contribution in [2.24, 2.45) is 5.92 Å². The number of carbonyl (C=O) groups is 2. The van der Waals surface area contributed by atoms with Gasteiger partial charge in [-0.1, -0.05) is 0 Å². The predicted octanol–water partition coefficient (Wildman–Crippen LogP) is 5.15. The molecule has 2 aliphatic rings. The van der Waals surface area contributed by atoms with Crippen LogP contribution in [-0.4, -0.2) is 53.7 Å². The number of nitrogens with one attached hydrogen (secondary N) is 1. The highest BCUT2D eigenvalue weighted by Crippen LogP contribution is 2.43. The zero-order chi connectivity index (χ0) is 24.8. The third-order valence-corrected chi connectivity index (χ3v) is 7.56. The van der Waals surface area contributed by atoms with Crippen LogP contribution in [0.5, 0.6) is 5.88 Å². The Hall–Kier alpha value is -2.56. The van der Waals surface area contributed by atoms with E-state index < -0.39 is 23.8 Å². The Morgan fingerprint density at radius 1 is 1.29 bits per heavy atom. The Morgan fingerprint density at radius 3 is 2.59 bits per heavy atom. The van der Waals surface area contributed by atoms with Crippen molar-refractivity contribution < 1.29 is 32.2 Å². The number of rotatable bonds is 5. The first-order valence-corrected chi connectivity index (χ1v) is 12.2. The number of amides is 2. The van der Waals surface area contributed by atoms with Gasteiger partial charge in [-0.05, 0) is 39.5 Å². The number of ether oxygens (including phenoxy) is 2. The van der Waals surface area contributed by atoms with Crippen LogP contribution in [0.3, 0.4) is 0 Å². The van der Waals surface area contributed by atoms with Crippen LogP contribution in [0.4, 0.5) is 18.0 Å². The van der Waals surface area contributed by atoms with E-state index >= 15 is 0 Å². The molecule has 0 radical (unpaired) electrons. The lowest BCUT2D eigenvalue weighted by Crippen LogP contribution is -2.48. The zero-order valence-electron chi connectivity index (χ0n) is 19.5. The van der Waals surface area contributed by atoms with Gasteiger partial charge in [-0.15, -0.1) is 11.3 Å². The van der Waals surface area contributed by atoms with Crippen molar-refractivity contribution in [3.8, 4) is 5.88 Å². The Balaban J connectivity index is 1.55. The maximum absolute atomic E-state index is 14.0. The molecule has 34 heavy (non-hydrogen) atoms. The van der Waals surface area contributed by atoms with Crippen LogP contribution in [0, 0.1) is 12.8 Å². The van der Waals surface area contributed by atoms with Crippen molar-refractivity contribution in [2.45, 2.75) is 70.9 Å². The molecule has 1 saturated heterocycles. The van der Waals surface area contributed by atoms with Crippen LogP contribution >= 0.6 is 11.3 Å². The molecular formula is C23H28F3N3O4S. The number of likely N-dealkylation sites (tertiary alicyclic amines) is 1. The molecular weight excluding hydrogens is 471 g/mol. The Bertz CT molecular complexity index is 1100. The second-order valence-corrected chi connectivity index (χ2v) is 9.93. The molecule has 0 unspecified atom stereocenters. The molecule has 4 rings (SSSR count). The second kappa shape index (κ2) is 9.24. The van der Waals surface area contributed by atoms with Gasteiger partial charge in [-0.25, -0.2) is 9.78 Å². The summed E-state index contributed by atoms with van der Waals surface area (Å²) in [6.07, 6.45) is -2.53. The van der Waals surface area contributed by atoms with Gasteiger partial charge in [0, 0.05) is 43.4 Å². The smallest absolute Gasteiger partial charge is 0.418 e. The summed E-state index contributed by atoms with van der Waals surface area (Å²) in [5.41, 5.74) is -0.900. The number of hydrogen-bond donors (Lipinski definition) is 1. The van der Waals surface area contributed by atoms with Crippen molar-refractivity contribution >= 4 is 33.6 Å². The molecule has 3 heterocycles. The minimum absolute atomic E-state index is 0.0274. The molecule has 1 N–H and O–H groups in total. The van der Waals surface area contributed by atoms with Crippen molar-refractivity contribution in [3.05, 3.63) is 22.1 Å². The maximum atomic E-state index is 14.0. The van der Waals surface area contributed by atoms with E-state index in [4.69, 9.17) is 9.47 Å². The van der Waals surface area contributed by atoms with E-state index in [0.29, 0.717) is 25.3 Å². The van der Waals surface area contributed by atoms with E-state index in [0.717, 1.165) is 24.2 Å². The fourth-order valence-electron chi connectivity index (χ4n) is 4.41.